The van der Waals surface area contributed by atoms with E-state index in [9.17, 15) is 19.2 Å². The zero-order valence-corrected chi connectivity index (χ0v) is 27.6. The number of esters is 1. The Kier molecular flexibility index (Phi) is 12.6. The number of hydrogen-bond donors (Lipinski definition) is 2. The first-order valence-electron chi connectivity index (χ1n) is 16.6. The van der Waals surface area contributed by atoms with Crippen LogP contribution in [0.3, 0.4) is 0 Å². The van der Waals surface area contributed by atoms with Crippen molar-refractivity contribution in [1.82, 2.24) is 20.4 Å². The summed E-state index contributed by atoms with van der Waals surface area (Å²) in [5, 5.41) is 5.77. The molecule has 3 amide bonds. The molecule has 4 rings (SSSR count). The van der Waals surface area contributed by atoms with E-state index in [-0.39, 0.29) is 37.4 Å². The van der Waals surface area contributed by atoms with Gasteiger partial charge in [0, 0.05) is 26.2 Å². The van der Waals surface area contributed by atoms with Crippen molar-refractivity contribution in [3.63, 3.8) is 0 Å². The molecule has 2 N–H and O–H groups in total. The summed E-state index contributed by atoms with van der Waals surface area (Å²) in [6.07, 6.45) is 4.28. The Bertz CT molecular complexity index is 1290. The molecule has 46 heavy (non-hydrogen) atoms. The van der Waals surface area contributed by atoms with Gasteiger partial charge in [-0.2, -0.15) is 0 Å². The third-order valence-corrected chi connectivity index (χ3v) is 8.64. The lowest BCUT2D eigenvalue weighted by Gasteiger charge is -2.51. The van der Waals surface area contributed by atoms with Crippen LogP contribution in [0.2, 0.25) is 0 Å². The summed E-state index contributed by atoms with van der Waals surface area (Å²) < 4.78 is 10.8. The molecule has 0 aromatic heterocycles. The molecule has 0 radical (unpaired) electrons. The highest BCUT2D eigenvalue weighted by atomic mass is 16.6. The number of ether oxygens (including phenoxy) is 2. The summed E-state index contributed by atoms with van der Waals surface area (Å²) in [6, 6.07) is 19.2. The summed E-state index contributed by atoms with van der Waals surface area (Å²) in [4.78, 5) is 56.4. The van der Waals surface area contributed by atoms with Crippen molar-refractivity contribution in [3.05, 3.63) is 71.8 Å². The smallest absolute Gasteiger partial charge is 0.407 e. The van der Waals surface area contributed by atoms with Crippen LogP contribution >= 0.6 is 0 Å². The minimum absolute atomic E-state index is 0.0283. The molecule has 10 nitrogen and oxygen atoms in total. The lowest BCUT2D eigenvalue weighted by Crippen LogP contribution is -2.73. The van der Waals surface area contributed by atoms with Crippen molar-refractivity contribution in [1.29, 1.82) is 0 Å². The fourth-order valence-electron chi connectivity index (χ4n) is 6.22. The number of amides is 3. The van der Waals surface area contributed by atoms with Crippen LogP contribution in [-0.4, -0.2) is 83.6 Å². The number of nitrogens with one attached hydrogen (secondary N) is 2. The van der Waals surface area contributed by atoms with Gasteiger partial charge in [-0.1, -0.05) is 60.7 Å². The van der Waals surface area contributed by atoms with E-state index in [1.54, 1.807) is 4.90 Å². The van der Waals surface area contributed by atoms with Crippen LogP contribution in [0.1, 0.15) is 76.8 Å². The minimum atomic E-state index is -0.977. The molecule has 0 saturated carbocycles. The number of piperazine rings is 1. The standard InChI is InChI=1S/C36H50N4O6/c1-35(2,3)46-31(41)19-24-40-32(42)30(18-10-11-22-37-34(44)45-27-29-15-8-5-9-16-29)38-33(43)36(40)20-25-39(26-21-36)23-12-17-28-13-6-4-7-14-28/h4-9,13-16,30H,10-12,17-27H2,1-3H3,(H,37,44)(H,38,43). The zero-order chi connectivity index (χ0) is 33.0. The number of nitrogens with zero attached hydrogens (tertiary/aromatic N) is 2. The Labute approximate surface area is 273 Å². The van der Waals surface area contributed by atoms with Gasteiger partial charge in [-0.05, 0) is 83.4 Å². The van der Waals surface area contributed by atoms with Crippen LogP contribution in [0.25, 0.3) is 0 Å². The first kappa shape index (κ1) is 34.9. The van der Waals surface area contributed by atoms with Gasteiger partial charge in [-0.15, -0.1) is 0 Å². The Balaban J connectivity index is 1.29. The van der Waals surface area contributed by atoms with Crippen LogP contribution in [0.4, 0.5) is 4.79 Å². The molecule has 2 fully saturated rings. The van der Waals surface area contributed by atoms with Gasteiger partial charge in [-0.3, -0.25) is 14.4 Å². The predicted octanol–water partition coefficient (Wildman–Crippen LogP) is 4.61. The number of piperidine rings is 1. The number of carbonyl (C=O) groups is 4. The van der Waals surface area contributed by atoms with Gasteiger partial charge in [0.2, 0.25) is 11.8 Å². The number of unbranched alkanes of at least 4 members (excludes halogenated alkanes) is 1. The molecule has 2 aromatic rings. The summed E-state index contributed by atoms with van der Waals surface area (Å²) in [5.74, 6) is -0.690. The molecule has 2 heterocycles. The van der Waals surface area contributed by atoms with E-state index in [0.717, 1.165) is 24.9 Å². The van der Waals surface area contributed by atoms with Crippen molar-refractivity contribution in [2.45, 2.75) is 95.9 Å². The Morgan fingerprint density at radius 3 is 2.22 bits per heavy atom. The quantitative estimate of drug-likeness (QED) is 0.230. The maximum absolute atomic E-state index is 13.9. The predicted molar refractivity (Wildman–Crippen MR) is 176 cm³/mol. The topological polar surface area (TPSA) is 117 Å². The SMILES string of the molecule is CC(C)(C)OC(=O)CCN1C(=O)C(CCCCNC(=O)OCc2ccccc2)NC(=O)C12CCN(CCCc1ccccc1)CC2. The largest absolute Gasteiger partial charge is 0.460 e. The van der Waals surface area contributed by atoms with Crippen molar-refractivity contribution >= 4 is 23.9 Å². The van der Waals surface area contributed by atoms with Gasteiger partial charge in [0.25, 0.3) is 0 Å². The lowest BCUT2D eigenvalue weighted by molar-refractivity contribution is -0.164. The maximum atomic E-state index is 13.9. The third-order valence-electron chi connectivity index (χ3n) is 8.64. The van der Waals surface area contributed by atoms with Crippen molar-refractivity contribution in [3.8, 4) is 0 Å². The Morgan fingerprint density at radius 1 is 0.913 bits per heavy atom. The molecule has 2 aliphatic heterocycles. The highest BCUT2D eigenvalue weighted by molar-refractivity contribution is 6.00. The van der Waals surface area contributed by atoms with E-state index in [1.807, 2.05) is 57.2 Å². The van der Waals surface area contributed by atoms with Crippen molar-refractivity contribution in [2.75, 3.05) is 32.7 Å². The van der Waals surface area contributed by atoms with Crippen molar-refractivity contribution in [2.24, 2.45) is 0 Å². The molecule has 1 spiro atoms. The monoisotopic (exact) mass is 634 g/mol. The fourth-order valence-corrected chi connectivity index (χ4v) is 6.22. The van der Waals surface area contributed by atoms with E-state index in [4.69, 9.17) is 9.47 Å². The molecule has 1 atom stereocenters. The Morgan fingerprint density at radius 2 is 1.57 bits per heavy atom. The summed E-state index contributed by atoms with van der Waals surface area (Å²) in [7, 11) is 0. The number of aryl methyl sites for hydroxylation is 1. The highest BCUT2D eigenvalue weighted by Crippen LogP contribution is 2.34. The molecule has 10 heteroatoms. The van der Waals surface area contributed by atoms with Gasteiger partial charge in [-0.25, -0.2) is 4.79 Å². The van der Waals surface area contributed by atoms with Gasteiger partial charge in [0.05, 0.1) is 6.42 Å². The Hall–Kier alpha value is -3.92. The van der Waals surface area contributed by atoms with Gasteiger partial charge in [0.1, 0.15) is 23.8 Å². The van der Waals surface area contributed by atoms with Crippen molar-refractivity contribution < 1.29 is 28.7 Å². The fraction of sp³-hybridized carbons (Fsp3) is 0.556. The third kappa shape index (κ3) is 10.3. The van der Waals surface area contributed by atoms with Gasteiger partial charge < -0.3 is 29.9 Å². The second kappa shape index (κ2) is 16.6. The van der Waals surface area contributed by atoms with E-state index in [2.05, 4.69) is 39.8 Å². The summed E-state index contributed by atoms with van der Waals surface area (Å²) in [6.45, 7) is 8.50. The summed E-state index contributed by atoms with van der Waals surface area (Å²) >= 11 is 0. The number of benzene rings is 2. The molecular weight excluding hydrogens is 584 g/mol. The van der Waals surface area contributed by atoms with Crippen LogP contribution in [-0.2, 0) is 36.9 Å². The number of rotatable bonds is 14. The van der Waals surface area contributed by atoms with Gasteiger partial charge >= 0.3 is 12.1 Å². The van der Waals surface area contributed by atoms with Crippen LogP contribution in [0.5, 0.6) is 0 Å². The normalized spacial score (nSPS) is 18.2. The zero-order valence-electron chi connectivity index (χ0n) is 27.6. The van der Waals surface area contributed by atoms with E-state index < -0.39 is 23.3 Å². The van der Waals surface area contributed by atoms with E-state index in [0.29, 0.717) is 51.7 Å². The van der Waals surface area contributed by atoms with Crippen LogP contribution < -0.4 is 10.6 Å². The van der Waals surface area contributed by atoms with Crippen LogP contribution in [0.15, 0.2) is 60.7 Å². The highest BCUT2D eigenvalue weighted by Gasteiger charge is 2.53. The second-order valence-electron chi connectivity index (χ2n) is 13.3. The molecule has 1 unspecified atom stereocenters. The van der Waals surface area contributed by atoms with Gasteiger partial charge in [0.15, 0.2) is 0 Å². The average molecular weight is 635 g/mol. The average Bonchev–Trinajstić information content (AvgIpc) is 3.03. The molecule has 0 bridgehead atoms. The minimum Gasteiger partial charge on any atom is -0.460 e. The molecule has 250 valence electrons. The first-order valence-corrected chi connectivity index (χ1v) is 16.6. The lowest BCUT2D eigenvalue weighted by atomic mass is 9.81. The number of hydrogen-bond acceptors (Lipinski definition) is 7. The second-order valence-corrected chi connectivity index (χ2v) is 13.3. The molecular formula is C36H50N4O6. The first-order chi connectivity index (χ1) is 22.1. The van der Waals surface area contributed by atoms with E-state index in [1.165, 1.54) is 5.56 Å². The maximum Gasteiger partial charge on any atom is 0.407 e. The number of carbonyl (C=O) groups excluding carboxylic acids is 4. The van der Waals surface area contributed by atoms with Crippen LogP contribution in [0, 0.1) is 0 Å². The molecule has 0 aliphatic carbocycles. The molecule has 2 aliphatic rings. The summed E-state index contributed by atoms with van der Waals surface area (Å²) in [5.41, 5.74) is 0.613. The molecule has 2 aromatic carbocycles. The van der Waals surface area contributed by atoms with E-state index >= 15 is 0 Å². The number of likely N-dealkylation sites (tertiary alicyclic amines) is 1. The number of alkyl carbamates (subject to hydrolysis) is 1. The molecule has 2 saturated heterocycles.